The molecule has 11 nitrogen and oxygen atoms in total. The van der Waals surface area contributed by atoms with Crippen LogP contribution in [0.15, 0.2) is 44.4 Å². The van der Waals surface area contributed by atoms with Crippen LogP contribution >= 0.6 is 11.6 Å². The van der Waals surface area contributed by atoms with Crippen LogP contribution in [0.5, 0.6) is 0 Å². The molecule has 0 bridgehead atoms. The van der Waals surface area contributed by atoms with E-state index in [0.717, 1.165) is 27.9 Å². The molecule has 0 saturated heterocycles. The third-order valence-electron chi connectivity index (χ3n) is 7.20. The van der Waals surface area contributed by atoms with Crippen LogP contribution in [0, 0.1) is 27.7 Å². The fourth-order valence-electron chi connectivity index (χ4n) is 5.13. The average molecular weight is 608 g/mol. The monoisotopic (exact) mass is 607 g/mol. The van der Waals surface area contributed by atoms with Crippen molar-refractivity contribution < 1.29 is 23.1 Å². The third kappa shape index (κ3) is 6.14. The summed E-state index contributed by atoms with van der Waals surface area (Å²) in [6.45, 7) is 13.3. The number of fused-ring (bicyclic) bond motifs is 1. The Labute approximate surface area is 253 Å². The highest BCUT2D eigenvalue weighted by molar-refractivity contribution is 6.30. The molecule has 0 aliphatic rings. The van der Waals surface area contributed by atoms with Crippen molar-refractivity contribution in [2.24, 2.45) is 7.05 Å². The predicted octanol–water partition coefficient (Wildman–Crippen LogP) is 5.91. The number of halogens is 1. The lowest BCUT2D eigenvalue weighted by atomic mass is 9.93. The fourth-order valence-corrected chi connectivity index (χ4v) is 5.24. The van der Waals surface area contributed by atoms with E-state index in [1.54, 1.807) is 23.9 Å². The lowest BCUT2D eigenvalue weighted by Gasteiger charge is -2.29. The summed E-state index contributed by atoms with van der Waals surface area (Å²) in [7, 11) is 1.88. The Morgan fingerprint density at radius 2 is 1.86 bits per heavy atom. The predicted molar refractivity (Wildman–Crippen MR) is 160 cm³/mol. The van der Waals surface area contributed by atoms with Crippen molar-refractivity contribution >= 4 is 28.6 Å². The van der Waals surface area contributed by atoms with E-state index in [9.17, 15) is 9.59 Å². The topological polar surface area (TPSA) is 127 Å². The van der Waals surface area contributed by atoms with Gasteiger partial charge in [0.25, 0.3) is 0 Å². The lowest BCUT2D eigenvalue weighted by molar-refractivity contribution is -0.169. The van der Waals surface area contributed by atoms with Crippen LogP contribution in [0.1, 0.15) is 66.5 Å². The minimum atomic E-state index is -1.19. The van der Waals surface area contributed by atoms with E-state index in [1.165, 1.54) is 0 Å². The molecule has 5 heterocycles. The standard InChI is InChI=1S/C31H34ClN5O6/c1-16-18(3)37(14-20-11-34-36(8)13-20)28-24(16)26(22-10-9-21(32)12-33-22)25(17(2)35-28)27(43-31(5,6)7)29(38)40-15-23-19(4)41-30(39)42-23/h9-13,27H,14-15H2,1-8H3/t27-/m0/s1. The number of pyridine rings is 2. The van der Waals surface area contributed by atoms with E-state index in [4.69, 9.17) is 34.9 Å². The summed E-state index contributed by atoms with van der Waals surface area (Å²) < 4.78 is 25.9. The number of nitrogens with zero attached hydrogens (tertiary/aromatic N) is 5. The first-order valence-corrected chi connectivity index (χ1v) is 14.1. The number of hydrogen-bond donors (Lipinski definition) is 0. The van der Waals surface area contributed by atoms with Crippen LogP contribution in [-0.4, -0.2) is 35.9 Å². The third-order valence-corrected chi connectivity index (χ3v) is 7.42. The summed E-state index contributed by atoms with van der Waals surface area (Å²) in [6, 6.07) is 3.57. The minimum Gasteiger partial charge on any atom is -0.455 e. The van der Waals surface area contributed by atoms with Crippen LogP contribution in [-0.2, 0) is 34.5 Å². The highest BCUT2D eigenvalue weighted by Crippen LogP contribution is 2.42. The smallest absolute Gasteiger partial charge is 0.455 e. The SMILES string of the molecule is Cc1nc2c(c(C)c(C)n2Cc2cnn(C)c2)c(-c2ccc(Cl)cn2)c1[C@H](OC(C)(C)C)C(=O)OCc1oc(=O)oc1C. The van der Waals surface area contributed by atoms with Crippen molar-refractivity contribution in [1.82, 2.24) is 24.3 Å². The van der Waals surface area contributed by atoms with Crippen LogP contribution in [0.2, 0.25) is 5.02 Å². The zero-order valence-electron chi connectivity index (χ0n) is 25.4. The highest BCUT2D eigenvalue weighted by Gasteiger charge is 2.35. The van der Waals surface area contributed by atoms with E-state index in [2.05, 4.69) is 14.6 Å². The lowest BCUT2D eigenvalue weighted by Crippen LogP contribution is -2.30. The van der Waals surface area contributed by atoms with Crippen LogP contribution < -0.4 is 5.82 Å². The van der Waals surface area contributed by atoms with E-state index in [1.807, 2.05) is 67.1 Å². The molecule has 0 aliphatic carbocycles. The van der Waals surface area contributed by atoms with Crippen molar-refractivity contribution in [2.75, 3.05) is 0 Å². The number of carbonyl (C=O) groups is 1. The van der Waals surface area contributed by atoms with Gasteiger partial charge in [-0.2, -0.15) is 5.10 Å². The number of ether oxygens (including phenoxy) is 2. The molecule has 226 valence electrons. The molecule has 0 spiro atoms. The summed E-state index contributed by atoms with van der Waals surface area (Å²) in [6.07, 6.45) is 4.18. The van der Waals surface area contributed by atoms with E-state index in [0.29, 0.717) is 34.1 Å². The first kappa shape index (κ1) is 30.2. The molecule has 5 aromatic heterocycles. The van der Waals surface area contributed by atoms with Gasteiger partial charge in [0.2, 0.25) is 0 Å². The quantitative estimate of drug-likeness (QED) is 0.198. The molecule has 1 atom stereocenters. The molecule has 0 unspecified atom stereocenters. The molecular weight excluding hydrogens is 574 g/mol. The number of rotatable bonds is 8. The average Bonchev–Trinajstić information content (AvgIpc) is 3.56. The molecule has 0 N–H and O–H groups in total. The van der Waals surface area contributed by atoms with Gasteiger partial charge >= 0.3 is 11.8 Å². The van der Waals surface area contributed by atoms with Crippen LogP contribution in [0.25, 0.3) is 22.3 Å². The first-order chi connectivity index (χ1) is 20.2. The van der Waals surface area contributed by atoms with E-state index < -0.39 is 23.5 Å². The van der Waals surface area contributed by atoms with Gasteiger partial charge in [-0.3, -0.25) is 9.67 Å². The van der Waals surface area contributed by atoms with Gasteiger partial charge in [0, 0.05) is 52.9 Å². The molecule has 0 aromatic carbocycles. The van der Waals surface area contributed by atoms with E-state index >= 15 is 0 Å². The normalized spacial score (nSPS) is 12.7. The first-order valence-electron chi connectivity index (χ1n) is 13.8. The van der Waals surface area contributed by atoms with Crippen LogP contribution in [0.4, 0.5) is 0 Å². The number of aromatic nitrogens is 5. The fraction of sp³-hybridized carbons (Fsp3) is 0.387. The van der Waals surface area contributed by atoms with Gasteiger partial charge in [0.05, 0.1) is 29.1 Å². The molecule has 43 heavy (non-hydrogen) atoms. The highest BCUT2D eigenvalue weighted by atomic mass is 35.5. The van der Waals surface area contributed by atoms with Gasteiger partial charge < -0.3 is 22.9 Å². The zero-order valence-corrected chi connectivity index (χ0v) is 26.2. The Bertz CT molecular complexity index is 1870. The molecule has 0 radical (unpaired) electrons. The summed E-state index contributed by atoms with van der Waals surface area (Å²) in [5.41, 5.74) is 5.41. The Balaban J connectivity index is 1.73. The second-order valence-electron chi connectivity index (χ2n) is 11.5. The molecule has 0 saturated carbocycles. The molecular formula is C31H34ClN5O6. The van der Waals surface area contributed by atoms with Gasteiger partial charge in [-0.1, -0.05) is 11.6 Å². The van der Waals surface area contributed by atoms with Crippen molar-refractivity contribution in [2.45, 2.75) is 73.3 Å². The molecule has 5 rings (SSSR count). The van der Waals surface area contributed by atoms with Crippen molar-refractivity contribution in [3.63, 3.8) is 0 Å². The van der Waals surface area contributed by atoms with Gasteiger partial charge in [-0.05, 0) is 66.2 Å². The number of hydrogen-bond acceptors (Lipinski definition) is 9. The molecule has 0 amide bonds. The largest absolute Gasteiger partial charge is 0.519 e. The second kappa shape index (κ2) is 11.5. The van der Waals surface area contributed by atoms with Crippen molar-refractivity contribution in [3.8, 4) is 11.3 Å². The Morgan fingerprint density at radius 3 is 2.44 bits per heavy atom. The Morgan fingerprint density at radius 1 is 1.12 bits per heavy atom. The maximum absolute atomic E-state index is 13.9. The maximum atomic E-state index is 13.9. The zero-order chi connectivity index (χ0) is 31.2. The van der Waals surface area contributed by atoms with Gasteiger partial charge in [-0.15, -0.1) is 0 Å². The number of carbonyl (C=O) groups excluding carboxylic acids is 1. The molecule has 12 heteroatoms. The molecule has 5 aromatic rings. The van der Waals surface area contributed by atoms with Gasteiger partial charge in [-0.25, -0.2) is 14.6 Å². The van der Waals surface area contributed by atoms with Crippen molar-refractivity contribution in [1.29, 1.82) is 0 Å². The summed E-state index contributed by atoms with van der Waals surface area (Å²) >= 11 is 6.23. The summed E-state index contributed by atoms with van der Waals surface area (Å²) in [5, 5.41) is 5.64. The number of aryl methyl sites for hydroxylation is 4. The minimum absolute atomic E-state index is 0.122. The van der Waals surface area contributed by atoms with Crippen LogP contribution in [0.3, 0.4) is 0 Å². The Kier molecular flexibility index (Phi) is 8.06. The number of esters is 1. The second-order valence-corrected chi connectivity index (χ2v) is 12.0. The van der Waals surface area contributed by atoms with E-state index in [-0.39, 0.29) is 18.1 Å². The maximum Gasteiger partial charge on any atom is 0.519 e. The Hall–Kier alpha value is -4.22. The molecule has 0 aliphatic heterocycles. The summed E-state index contributed by atoms with van der Waals surface area (Å²) in [4.78, 5) is 35.1. The summed E-state index contributed by atoms with van der Waals surface area (Å²) in [5.74, 6) is -1.19. The van der Waals surface area contributed by atoms with Gasteiger partial charge in [0.15, 0.2) is 24.2 Å². The van der Waals surface area contributed by atoms with Gasteiger partial charge in [0.1, 0.15) is 5.65 Å². The molecule has 0 fully saturated rings. The van der Waals surface area contributed by atoms with Crippen molar-refractivity contribution in [3.05, 3.63) is 86.0 Å².